The van der Waals surface area contributed by atoms with Crippen LogP contribution in [0.5, 0.6) is 0 Å². The molecule has 2 radical (unpaired) electrons. The van der Waals surface area contributed by atoms with Crippen molar-refractivity contribution in [1.82, 2.24) is 9.97 Å². The highest BCUT2D eigenvalue weighted by Crippen LogP contribution is 2.18. The van der Waals surface area contributed by atoms with Crippen LogP contribution in [0.2, 0.25) is 0 Å². The molecule has 15 heavy (non-hydrogen) atoms. The molecule has 0 atom stereocenters. The van der Waals surface area contributed by atoms with Gasteiger partial charge >= 0.3 is 0 Å². The molecule has 0 bridgehead atoms. The van der Waals surface area contributed by atoms with Crippen molar-refractivity contribution in [3.05, 3.63) is 42.7 Å². The monoisotopic (exact) mass is 190 g/mol. The Morgan fingerprint density at radius 2 is 1.67 bits per heavy atom. The Balaban J connectivity index is 2.64. The molecule has 3 aromatic rings. The van der Waals surface area contributed by atoms with E-state index in [1.807, 2.05) is 30.3 Å². The van der Waals surface area contributed by atoms with Gasteiger partial charge in [0.05, 0.1) is 11.0 Å². The van der Waals surface area contributed by atoms with Crippen LogP contribution in [0.15, 0.2) is 42.7 Å². The maximum atomic E-state index is 5.95. The van der Waals surface area contributed by atoms with Crippen molar-refractivity contribution in [2.45, 2.75) is 0 Å². The molecule has 0 saturated heterocycles. The Labute approximate surface area is 88.4 Å². The quantitative estimate of drug-likeness (QED) is 0.397. The first-order chi connectivity index (χ1) is 7.36. The van der Waals surface area contributed by atoms with Crippen molar-refractivity contribution >= 4 is 35.1 Å². The van der Waals surface area contributed by atoms with Crippen molar-refractivity contribution in [3.8, 4) is 0 Å². The lowest BCUT2D eigenvalue weighted by molar-refractivity contribution is 1.38. The summed E-state index contributed by atoms with van der Waals surface area (Å²) in [4.78, 5) is 8.66. The zero-order valence-electron chi connectivity index (χ0n) is 8.01. The van der Waals surface area contributed by atoms with Crippen LogP contribution in [0, 0.1) is 0 Å². The molecule has 0 fully saturated rings. The van der Waals surface area contributed by atoms with E-state index in [2.05, 4.69) is 9.97 Å². The van der Waals surface area contributed by atoms with E-state index >= 15 is 0 Å². The van der Waals surface area contributed by atoms with E-state index in [0.717, 1.165) is 27.3 Å². The Morgan fingerprint density at radius 1 is 0.933 bits per heavy atom. The minimum atomic E-state index is 0.749. The molecule has 1 aromatic carbocycles. The molecule has 2 aromatic heterocycles. The molecule has 2 heterocycles. The molecule has 0 spiro atoms. The van der Waals surface area contributed by atoms with Crippen LogP contribution in [0.1, 0.15) is 0 Å². The molecule has 0 unspecified atom stereocenters. The molecular formula is C12H7BN2. The summed E-state index contributed by atoms with van der Waals surface area (Å²) in [5.41, 5.74) is 2.52. The third-order valence-corrected chi connectivity index (χ3v) is 2.49. The van der Waals surface area contributed by atoms with Gasteiger partial charge in [0.15, 0.2) is 0 Å². The van der Waals surface area contributed by atoms with Gasteiger partial charge in [-0.3, -0.25) is 9.97 Å². The fraction of sp³-hybridized carbons (Fsp3) is 0. The van der Waals surface area contributed by atoms with Crippen LogP contribution >= 0.6 is 0 Å². The summed E-state index contributed by atoms with van der Waals surface area (Å²) in [6.07, 6.45) is 3.53. The topological polar surface area (TPSA) is 25.8 Å². The average Bonchev–Trinajstić information content (AvgIpc) is 2.30. The van der Waals surface area contributed by atoms with Gasteiger partial charge in [-0.15, -0.1) is 0 Å². The summed E-state index contributed by atoms with van der Waals surface area (Å²) < 4.78 is 0. The fourth-order valence-electron chi connectivity index (χ4n) is 1.80. The van der Waals surface area contributed by atoms with Gasteiger partial charge in [-0.25, -0.2) is 0 Å². The second-order valence-electron chi connectivity index (χ2n) is 3.44. The van der Waals surface area contributed by atoms with Gasteiger partial charge in [0.25, 0.3) is 0 Å². The largest absolute Gasteiger partial charge is 0.254 e. The van der Waals surface area contributed by atoms with Crippen LogP contribution in [0.3, 0.4) is 0 Å². The number of aromatic nitrogens is 2. The van der Waals surface area contributed by atoms with Crippen LogP contribution in [0.4, 0.5) is 0 Å². The van der Waals surface area contributed by atoms with Gasteiger partial charge in [0.1, 0.15) is 7.85 Å². The number of rotatable bonds is 0. The summed E-state index contributed by atoms with van der Waals surface area (Å²) >= 11 is 0. The first kappa shape index (κ1) is 8.42. The summed E-state index contributed by atoms with van der Waals surface area (Å²) in [5, 5.41) is 1.99. The summed E-state index contributed by atoms with van der Waals surface area (Å²) in [5.74, 6) is 0. The minimum absolute atomic E-state index is 0.749. The van der Waals surface area contributed by atoms with E-state index in [1.165, 1.54) is 0 Å². The summed E-state index contributed by atoms with van der Waals surface area (Å²) in [6, 6.07) is 9.68. The first-order valence-corrected chi connectivity index (χ1v) is 4.74. The molecule has 3 heteroatoms. The predicted octanol–water partition coefficient (Wildman–Crippen LogP) is 1.58. The lowest BCUT2D eigenvalue weighted by Crippen LogP contribution is -2.04. The van der Waals surface area contributed by atoms with E-state index < -0.39 is 0 Å². The van der Waals surface area contributed by atoms with E-state index in [9.17, 15) is 0 Å². The zero-order valence-corrected chi connectivity index (χ0v) is 8.01. The molecule has 68 valence electrons. The highest BCUT2D eigenvalue weighted by atomic mass is 14.7. The lowest BCUT2D eigenvalue weighted by Gasteiger charge is -2.04. The highest BCUT2D eigenvalue weighted by Gasteiger charge is 2.03. The predicted molar refractivity (Wildman–Crippen MR) is 62.4 cm³/mol. The SMILES string of the molecule is [B]c1cc2cccnc2c2ncccc12. The molecule has 0 N–H and O–H groups in total. The number of nitrogens with zero attached hydrogens (tertiary/aromatic N) is 2. The molecule has 0 saturated carbocycles. The van der Waals surface area contributed by atoms with Crippen LogP contribution < -0.4 is 5.46 Å². The van der Waals surface area contributed by atoms with Crippen LogP contribution in [-0.2, 0) is 0 Å². The third-order valence-electron chi connectivity index (χ3n) is 2.49. The van der Waals surface area contributed by atoms with Gasteiger partial charge < -0.3 is 0 Å². The van der Waals surface area contributed by atoms with Crippen molar-refractivity contribution in [2.75, 3.05) is 0 Å². The summed E-state index contributed by atoms with van der Waals surface area (Å²) in [6.45, 7) is 0. The second-order valence-corrected chi connectivity index (χ2v) is 3.44. The van der Waals surface area contributed by atoms with E-state index in [0.29, 0.717) is 0 Å². The maximum Gasteiger partial charge on any atom is 0.114 e. The van der Waals surface area contributed by atoms with Crippen molar-refractivity contribution < 1.29 is 0 Å². The lowest BCUT2D eigenvalue weighted by atomic mass is 9.90. The highest BCUT2D eigenvalue weighted by molar-refractivity contribution is 6.40. The Kier molecular flexibility index (Phi) is 1.71. The molecular weight excluding hydrogens is 183 g/mol. The normalized spacial score (nSPS) is 10.9. The molecule has 0 aliphatic heterocycles. The Hall–Kier alpha value is -1.90. The van der Waals surface area contributed by atoms with E-state index in [4.69, 9.17) is 7.85 Å². The van der Waals surface area contributed by atoms with Crippen molar-refractivity contribution in [3.63, 3.8) is 0 Å². The first-order valence-electron chi connectivity index (χ1n) is 4.74. The number of benzene rings is 1. The van der Waals surface area contributed by atoms with Gasteiger partial charge in [-0.05, 0) is 17.5 Å². The smallest absolute Gasteiger partial charge is 0.114 e. The van der Waals surface area contributed by atoms with Gasteiger partial charge in [0, 0.05) is 17.8 Å². The second kappa shape index (κ2) is 3.06. The zero-order chi connectivity index (χ0) is 10.3. The number of fused-ring (bicyclic) bond motifs is 3. The molecule has 2 nitrogen and oxygen atoms in total. The van der Waals surface area contributed by atoms with Crippen LogP contribution in [0.25, 0.3) is 21.8 Å². The van der Waals surface area contributed by atoms with Gasteiger partial charge in [-0.1, -0.05) is 23.7 Å². The maximum absolute atomic E-state index is 5.95. The Bertz CT molecular complexity index is 649. The third kappa shape index (κ3) is 1.20. The summed E-state index contributed by atoms with van der Waals surface area (Å²) in [7, 11) is 5.95. The number of hydrogen-bond donors (Lipinski definition) is 0. The van der Waals surface area contributed by atoms with Crippen molar-refractivity contribution in [2.24, 2.45) is 0 Å². The molecule has 3 rings (SSSR count). The minimum Gasteiger partial charge on any atom is -0.254 e. The standard InChI is InChI=1S/C12H7BN2/c13-10-7-8-3-1-5-14-11(8)12-9(10)4-2-6-15-12/h1-7H. The molecule has 0 aliphatic carbocycles. The van der Waals surface area contributed by atoms with Gasteiger partial charge in [0.2, 0.25) is 0 Å². The van der Waals surface area contributed by atoms with Crippen LogP contribution in [-0.4, -0.2) is 17.8 Å². The van der Waals surface area contributed by atoms with Gasteiger partial charge in [-0.2, -0.15) is 0 Å². The fourth-order valence-corrected chi connectivity index (χ4v) is 1.80. The van der Waals surface area contributed by atoms with E-state index in [1.54, 1.807) is 12.4 Å². The number of pyridine rings is 2. The van der Waals surface area contributed by atoms with Crippen molar-refractivity contribution in [1.29, 1.82) is 0 Å². The average molecular weight is 190 g/mol. The molecule has 0 aliphatic rings. The number of hydrogen-bond acceptors (Lipinski definition) is 2. The Morgan fingerprint density at radius 3 is 2.53 bits per heavy atom. The molecule has 0 amide bonds. The van der Waals surface area contributed by atoms with E-state index in [-0.39, 0.29) is 0 Å².